The van der Waals surface area contributed by atoms with Crippen molar-refractivity contribution in [2.75, 3.05) is 26.4 Å². The highest BCUT2D eigenvalue weighted by Gasteiger charge is 2.09. The van der Waals surface area contributed by atoms with Crippen molar-refractivity contribution in [1.29, 1.82) is 0 Å². The van der Waals surface area contributed by atoms with Gasteiger partial charge in [-0.1, -0.05) is 25.3 Å². The highest BCUT2D eigenvalue weighted by atomic mass is 17.2. The number of unbranched alkanes of at least 4 members (excludes halogenated alkanes) is 6. The van der Waals surface area contributed by atoms with Crippen molar-refractivity contribution in [2.24, 2.45) is 10.2 Å². The van der Waals surface area contributed by atoms with E-state index in [1.54, 1.807) is 73.1 Å². The number of hydrogen-bond acceptors (Lipinski definition) is 12. The van der Waals surface area contributed by atoms with Gasteiger partial charge in [0.25, 0.3) is 0 Å². The van der Waals surface area contributed by atoms with Gasteiger partial charge in [-0.05, 0) is 153 Å². The molecule has 12 nitrogen and oxygen atoms in total. The molecule has 58 heavy (non-hydrogen) atoms. The average molecular weight is 791 g/mol. The molecule has 0 aliphatic carbocycles. The lowest BCUT2D eigenvalue weighted by Gasteiger charge is -2.08. The van der Waals surface area contributed by atoms with Crippen molar-refractivity contribution >= 4 is 30.3 Å². The van der Waals surface area contributed by atoms with Crippen LogP contribution >= 0.6 is 0 Å². The van der Waals surface area contributed by atoms with Crippen LogP contribution < -0.4 is 19.1 Å². The SMILES string of the molecule is C=CC(=O)OCCCCCCOc1ccc(COOc2ccc(C=NN=Cc3ccc(OC(=O)c4ccc(OCCCCCCOC(=O)C=C)cc4)cc3)cc2)cc1. The molecular formula is C46H50N2O10. The standard InChI is InChI=1S/C46H50N2O10/c1-3-44(49)54-31-11-7-5-9-29-52-40-21-17-38(18-22-40)35-56-58-43-25-15-37(16-26-43)34-48-47-33-36-13-23-42(24-14-36)57-46(51)39-19-27-41(28-20-39)53-30-10-6-8-12-32-55-45(50)4-2/h3-4,13-28,33-34H,1-2,5-12,29-32,35H2. The Morgan fingerprint density at radius 3 is 1.41 bits per heavy atom. The predicted octanol–water partition coefficient (Wildman–Crippen LogP) is 9.21. The Morgan fingerprint density at radius 1 is 0.500 bits per heavy atom. The molecule has 0 aliphatic rings. The average Bonchev–Trinajstić information content (AvgIpc) is 3.25. The van der Waals surface area contributed by atoms with E-state index in [4.69, 9.17) is 33.5 Å². The summed E-state index contributed by atoms with van der Waals surface area (Å²) in [4.78, 5) is 45.5. The van der Waals surface area contributed by atoms with Gasteiger partial charge in [0.15, 0.2) is 5.75 Å². The molecule has 0 saturated heterocycles. The lowest BCUT2D eigenvalue weighted by atomic mass is 10.2. The first-order valence-corrected chi connectivity index (χ1v) is 19.2. The van der Waals surface area contributed by atoms with E-state index < -0.39 is 11.9 Å². The fraction of sp³-hybridized carbons (Fsp3) is 0.283. The summed E-state index contributed by atoms with van der Waals surface area (Å²) in [6, 6.07) is 28.6. The molecule has 304 valence electrons. The maximum absolute atomic E-state index is 12.6. The number of ether oxygens (including phenoxy) is 5. The second-order valence-electron chi connectivity index (χ2n) is 12.8. The van der Waals surface area contributed by atoms with Crippen LogP contribution in [-0.4, -0.2) is 56.8 Å². The van der Waals surface area contributed by atoms with E-state index in [1.165, 1.54) is 6.08 Å². The van der Waals surface area contributed by atoms with Crippen molar-refractivity contribution < 1.29 is 47.8 Å². The number of rotatable bonds is 27. The van der Waals surface area contributed by atoms with Gasteiger partial charge < -0.3 is 28.6 Å². The highest BCUT2D eigenvalue weighted by molar-refractivity contribution is 5.91. The number of carbonyl (C=O) groups is 3. The van der Waals surface area contributed by atoms with Gasteiger partial charge in [-0.25, -0.2) is 14.4 Å². The first-order chi connectivity index (χ1) is 28.4. The maximum atomic E-state index is 12.6. The summed E-state index contributed by atoms with van der Waals surface area (Å²) in [5, 5.41) is 8.23. The summed E-state index contributed by atoms with van der Waals surface area (Å²) >= 11 is 0. The molecule has 4 aromatic carbocycles. The summed E-state index contributed by atoms with van der Waals surface area (Å²) < 4.78 is 27.0. The fourth-order valence-corrected chi connectivity index (χ4v) is 5.09. The van der Waals surface area contributed by atoms with E-state index in [9.17, 15) is 14.4 Å². The highest BCUT2D eigenvalue weighted by Crippen LogP contribution is 2.18. The number of carbonyl (C=O) groups excluding carboxylic acids is 3. The predicted molar refractivity (Wildman–Crippen MR) is 222 cm³/mol. The molecule has 0 radical (unpaired) electrons. The summed E-state index contributed by atoms with van der Waals surface area (Å²) in [5.41, 5.74) is 2.96. The second-order valence-corrected chi connectivity index (χ2v) is 12.8. The van der Waals surface area contributed by atoms with Gasteiger partial charge in [0, 0.05) is 12.2 Å². The molecule has 0 N–H and O–H groups in total. The van der Waals surface area contributed by atoms with Crippen LogP contribution in [-0.2, 0) is 30.6 Å². The summed E-state index contributed by atoms with van der Waals surface area (Å²) in [6.07, 6.45) is 12.8. The van der Waals surface area contributed by atoms with Gasteiger partial charge in [0.2, 0.25) is 0 Å². The van der Waals surface area contributed by atoms with Crippen LogP contribution in [0.15, 0.2) is 133 Å². The zero-order valence-corrected chi connectivity index (χ0v) is 32.6. The minimum absolute atomic E-state index is 0.269. The smallest absolute Gasteiger partial charge is 0.343 e. The van der Waals surface area contributed by atoms with Gasteiger partial charge in [-0.15, -0.1) is 0 Å². The van der Waals surface area contributed by atoms with Gasteiger partial charge in [0.05, 0.1) is 44.4 Å². The van der Waals surface area contributed by atoms with Crippen molar-refractivity contribution in [3.05, 3.63) is 145 Å². The van der Waals surface area contributed by atoms with Gasteiger partial charge >= 0.3 is 17.9 Å². The van der Waals surface area contributed by atoms with Crippen LogP contribution in [0.4, 0.5) is 0 Å². The van der Waals surface area contributed by atoms with Crippen LogP contribution in [0.2, 0.25) is 0 Å². The molecular weight excluding hydrogens is 741 g/mol. The molecule has 4 rings (SSSR count). The molecule has 0 unspecified atom stereocenters. The van der Waals surface area contributed by atoms with Gasteiger partial charge in [-0.2, -0.15) is 15.1 Å². The van der Waals surface area contributed by atoms with Crippen LogP contribution in [0, 0.1) is 0 Å². The van der Waals surface area contributed by atoms with Crippen molar-refractivity contribution in [3.8, 4) is 23.0 Å². The van der Waals surface area contributed by atoms with Gasteiger partial charge in [-0.3, -0.25) is 0 Å². The molecule has 12 heteroatoms. The Hall–Kier alpha value is -6.53. The number of esters is 3. The lowest BCUT2D eigenvalue weighted by molar-refractivity contribution is -0.217. The second kappa shape index (κ2) is 26.3. The molecule has 0 bridgehead atoms. The zero-order chi connectivity index (χ0) is 41.0. The van der Waals surface area contributed by atoms with Gasteiger partial charge in [0.1, 0.15) is 23.9 Å². The summed E-state index contributed by atoms with van der Waals surface area (Å²) in [5.74, 6) is 1.15. The first-order valence-electron chi connectivity index (χ1n) is 19.2. The van der Waals surface area contributed by atoms with E-state index in [2.05, 4.69) is 23.4 Å². The number of hydrogen-bond donors (Lipinski definition) is 0. The zero-order valence-electron chi connectivity index (χ0n) is 32.6. The van der Waals surface area contributed by atoms with Crippen LogP contribution in [0.3, 0.4) is 0 Å². The normalized spacial score (nSPS) is 10.9. The Morgan fingerprint density at radius 2 is 0.931 bits per heavy atom. The van der Waals surface area contributed by atoms with E-state index in [0.717, 1.165) is 79.9 Å². The summed E-state index contributed by atoms with van der Waals surface area (Å²) in [6.45, 7) is 8.99. The Labute approximate surface area is 339 Å². The van der Waals surface area contributed by atoms with Crippen molar-refractivity contribution in [3.63, 3.8) is 0 Å². The third-order valence-corrected chi connectivity index (χ3v) is 8.28. The van der Waals surface area contributed by atoms with E-state index >= 15 is 0 Å². The van der Waals surface area contributed by atoms with E-state index in [0.29, 0.717) is 49.2 Å². The molecule has 0 spiro atoms. The Balaban J connectivity index is 1.06. The minimum atomic E-state index is -0.475. The Kier molecular flexibility index (Phi) is 20.1. The number of benzene rings is 4. The van der Waals surface area contributed by atoms with E-state index in [-0.39, 0.29) is 12.6 Å². The molecule has 0 fully saturated rings. The molecule has 0 saturated carbocycles. The van der Waals surface area contributed by atoms with Crippen molar-refractivity contribution in [1.82, 2.24) is 0 Å². The molecule has 0 aliphatic heterocycles. The van der Waals surface area contributed by atoms with E-state index in [1.807, 2.05) is 36.4 Å². The third-order valence-electron chi connectivity index (χ3n) is 8.28. The van der Waals surface area contributed by atoms with Crippen molar-refractivity contribution in [2.45, 2.75) is 58.0 Å². The molecule has 0 atom stereocenters. The first kappa shape index (κ1) is 44.2. The number of nitrogens with zero attached hydrogens (tertiary/aromatic N) is 2. The van der Waals surface area contributed by atoms with Crippen LogP contribution in [0.25, 0.3) is 0 Å². The molecule has 0 aromatic heterocycles. The third kappa shape index (κ3) is 17.9. The van der Waals surface area contributed by atoms with Crippen LogP contribution in [0.1, 0.15) is 78.4 Å². The topological polar surface area (TPSA) is 141 Å². The molecule has 4 aromatic rings. The minimum Gasteiger partial charge on any atom is -0.494 e. The van der Waals surface area contributed by atoms with Crippen LogP contribution in [0.5, 0.6) is 23.0 Å². The quantitative estimate of drug-likeness (QED) is 0.0109. The molecule has 0 heterocycles. The molecule has 0 amide bonds. The monoisotopic (exact) mass is 790 g/mol. The maximum Gasteiger partial charge on any atom is 0.343 e. The summed E-state index contributed by atoms with van der Waals surface area (Å²) in [7, 11) is 0. The fourth-order valence-electron chi connectivity index (χ4n) is 5.09. The Bertz CT molecular complexity index is 1910. The lowest BCUT2D eigenvalue weighted by Crippen LogP contribution is -2.08. The largest absolute Gasteiger partial charge is 0.494 e.